The van der Waals surface area contributed by atoms with E-state index in [4.69, 9.17) is 5.14 Å². The van der Waals surface area contributed by atoms with Crippen LogP contribution in [0.3, 0.4) is 0 Å². The second-order valence-electron chi connectivity index (χ2n) is 4.38. The molecular weight excluding hydrogens is 296 g/mol. The highest BCUT2D eigenvalue weighted by atomic mass is 32.2. The minimum Gasteiger partial charge on any atom is -0.326 e. The third-order valence-corrected chi connectivity index (χ3v) is 4.40. The van der Waals surface area contributed by atoms with Gasteiger partial charge in [0.2, 0.25) is 15.9 Å². The molecule has 5 nitrogen and oxygen atoms in total. The summed E-state index contributed by atoms with van der Waals surface area (Å²) in [5.41, 5.74) is 2.15. The van der Waals surface area contributed by atoms with Gasteiger partial charge >= 0.3 is 0 Å². The molecule has 1 aromatic carbocycles. The van der Waals surface area contributed by atoms with Crippen LogP contribution in [-0.2, 0) is 21.2 Å². The smallest absolute Gasteiger partial charge is 0.238 e. The SMILES string of the molecule is Cc1ccc(S(N)(=O)=O)cc1NC(=O)Cc1ccsc1. The Labute approximate surface area is 121 Å². The summed E-state index contributed by atoms with van der Waals surface area (Å²) in [7, 11) is -3.78. The van der Waals surface area contributed by atoms with Gasteiger partial charge in [0.15, 0.2) is 0 Å². The molecule has 0 aliphatic rings. The standard InChI is InChI=1S/C13H14N2O3S2/c1-9-2-3-11(20(14,17)18)7-12(9)15-13(16)6-10-4-5-19-8-10/h2-5,7-8H,6H2,1H3,(H,15,16)(H2,14,17,18). The molecule has 3 N–H and O–H groups in total. The first-order valence-corrected chi connectivity index (χ1v) is 8.29. The summed E-state index contributed by atoms with van der Waals surface area (Å²) in [5.74, 6) is -0.196. The van der Waals surface area contributed by atoms with E-state index in [1.54, 1.807) is 13.0 Å². The quantitative estimate of drug-likeness (QED) is 0.903. The van der Waals surface area contributed by atoms with Gasteiger partial charge in [0.1, 0.15) is 0 Å². The molecular formula is C13H14N2O3S2. The fourth-order valence-electron chi connectivity index (χ4n) is 1.69. The molecule has 0 saturated heterocycles. The topological polar surface area (TPSA) is 89.3 Å². The summed E-state index contributed by atoms with van der Waals surface area (Å²) < 4.78 is 22.6. The van der Waals surface area contributed by atoms with Crippen molar-refractivity contribution >= 4 is 33.0 Å². The number of rotatable bonds is 4. The molecule has 0 atom stereocenters. The van der Waals surface area contributed by atoms with E-state index < -0.39 is 10.0 Å². The number of anilines is 1. The summed E-state index contributed by atoms with van der Waals surface area (Å²) in [4.78, 5) is 11.9. The van der Waals surface area contributed by atoms with Crippen molar-refractivity contribution in [3.63, 3.8) is 0 Å². The maximum atomic E-state index is 11.9. The number of hydrogen-bond donors (Lipinski definition) is 2. The zero-order chi connectivity index (χ0) is 14.8. The predicted octanol–water partition coefficient (Wildman–Crippen LogP) is 1.89. The first-order chi connectivity index (χ1) is 9.36. The normalized spacial score (nSPS) is 11.3. The molecule has 2 rings (SSSR count). The van der Waals surface area contributed by atoms with Gasteiger partial charge in [0, 0.05) is 5.69 Å². The Hall–Kier alpha value is -1.70. The van der Waals surface area contributed by atoms with Crippen LogP contribution in [0.4, 0.5) is 5.69 Å². The third-order valence-electron chi connectivity index (χ3n) is 2.76. The molecule has 0 fully saturated rings. The van der Waals surface area contributed by atoms with Crippen molar-refractivity contribution in [3.05, 3.63) is 46.2 Å². The zero-order valence-electron chi connectivity index (χ0n) is 10.8. The van der Waals surface area contributed by atoms with Gasteiger partial charge in [0.25, 0.3) is 0 Å². The van der Waals surface area contributed by atoms with Crippen molar-refractivity contribution in [2.24, 2.45) is 5.14 Å². The number of benzene rings is 1. The molecule has 1 aromatic heterocycles. The molecule has 0 unspecified atom stereocenters. The highest BCUT2D eigenvalue weighted by molar-refractivity contribution is 7.89. The van der Waals surface area contributed by atoms with Crippen molar-refractivity contribution in [2.45, 2.75) is 18.2 Å². The number of nitrogens with two attached hydrogens (primary N) is 1. The van der Waals surface area contributed by atoms with E-state index in [0.717, 1.165) is 11.1 Å². The Kier molecular flexibility index (Phi) is 4.22. The number of primary sulfonamides is 1. The minimum atomic E-state index is -3.78. The number of sulfonamides is 1. The largest absolute Gasteiger partial charge is 0.326 e. The monoisotopic (exact) mass is 310 g/mol. The van der Waals surface area contributed by atoms with Crippen molar-refractivity contribution in [3.8, 4) is 0 Å². The molecule has 0 bridgehead atoms. The molecule has 20 heavy (non-hydrogen) atoms. The Balaban J connectivity index is 2.18. The number of thiophene rings is 1. The molecule has 0 radical (unpaired) electrons. The first-order valence-electron chi connectivity index (χ1n) is 5.80. The fraction of sp³-hybridized carbons (Fsp3) is 0.154. The number of carbonyl (C=O) groups excluding carboxylic acids is 1. The van der Waals surface area contributed by atoms with E-state index in [1.165, 1.54) is 23.5 Å². The van der Waals surface area contributed by atoms with Gasteiger partial charge in [0.05, 0.1) is 11.3 Å². The Morgan fingerprint density at radius 1 is 1.35 bits per heavy atom. The Morgan fingerprint density at radius 3 is 2.70 bits per heavy atom. The molecule has 2 aromatic rings. The number of aryl methyl sites for hydroxylation is 1. The number of hydrogen-bond acceptors (Lipinski definition) is 4. The van der Waals surface area contributed by atoms with Gasteiger partial charge in [-0.05, 0) is 47.0 Å². The van der Waals surface area contributed by atoms with E-state index in [2.05, 4.69) is 5.32 Å². The molecule has 1 heterocycles. The van der Waals surface area contributed by atoms with Crippen LogP contribution in [0.2, 0.25) is 0 Å². The van der Waals surface area contributed by atoms with Gasteiger partial charge in [-0.1, -0.05) is 6.07 Å². The average molecular weight is 310 g/mol. The van der Waals surface area contributed by atoms with Crippen molar-refractivity contribution in [1.29, 1.82) is 0 Å². The van der Waals surface area contributed by atoms with Crippen LogP contribution in [0.15, 0.2) is 39.9 Å². The van der Waals surface area contributed by atoms with E-state index in [9.17, 15) is 13.2 Å². The highest BCUT2D eigenvalue weighted by Gasteiger charge is 2.12. The Morgan fingerprint density at radius 2 is 2.10 bits per heavy atom. The number of amides is 1. The highest BCUT2D eigenvalue weighted by Crippen LogP contribution is 2.20. The third kappa shape index (κ3) is 3.66. The summed E-state index contributed by atoms with van der Waals surface area (Å²) >= 11 is 1.52. The first kappa shape index (κ1) is 14.7. The van der Waals surface area contributed by atoms with Crippen LogP contribution in [0.1, 0.15) is 11.1 Å². The van der Waals surface area contributed by atoms with Gasteiger partial charge in [-0.3, -0.25) is 4.79 Å². The maximum Gasteiger partial charge on any atom is 0.238 e. The van der Waals surface area contributed by atoms with Gasteiger partial charge in [-0.15, -0.1) is 0 Å². The van der Waals surface area contributed by atoms with Crippen molar-refractivity contribution in [1.82, 2.24) is 0 Å². The number of nitrogens with one attached hydrogen (secondary N) is 1. The summed E-state index contributed by atoms with van der Waals surface area (Å²) in [6, 6.07) is 6.27. The lowest BCUT2D eigenvalue weighted by Gasteiger charge is -2.09. The molecule has 1 amide bonds. The lowest BCUT2D eigenvalue weighted by atomic mass is 10.2. The van der Waals surface area contributed by atoms with Crippen molar-refractivity contribution < 1.29 is 13.2 Å². The summed E-state index contributed by atoms with van der Waals surface area (Å²) in [6.07, 6.45) is 0.253. The zero-order valence-corrected chi connectivity index (χ0v) is 12.4. The van der Waals surface area contributed by atoms with Gasteiger partial charge in [-0.2, -0.15) is 11.3 Å². The van der Waals surface area contributed by atoms with E-state index >= 15 is 0 Å². The second kappa shape index (κ2) is 5.74. The number of carbonyl (C=O) groups is 1. The van der Waals surface area contributed by atoms with Crippen LogP contribution >= 0.6 is 11.3 Å². The summed E-state index contributed by atoms with van der Waals surface area (Å²) in [6.45, 7) is 1.78. The van der Waals surface area contributed by atoms with E-state index in [1.807, 2.05) is 16.8 Å². The molecule has 0 aliphatic carbocycles. The van der Waals surface area contributed by atoms with Crippen LogP contribution in [0, 0.1) is 6.92 Å². The molecule has 0 spiro atoms. The van der Waals surface area contributed by atoms with Gasteiger partial charge in [-0.25, -0.2) is 13.6 Å². The molecule has 0 aliphatic heterocycles. The van der Waals surface area contributed by atoms with Gasteiger partial charge < -0.3 is 5.32 Å². The molecule has 106 valence electrons. The Bertz CT molecular complexity index is 722. The second-order valence-corrected chi connectivity index (χ2v) is 6.72. The van der Waals surface area contributed by atoms with Crippen molar-refractivity contribution in [2.75, 3.05) is 5.32 Å². The fourth-order valence-corrected chi connectivity index (χ4v) is 2.89. The average Bonchev–Trinajstić information content (AvgIpc) is 2.83. The van der Waals surface area contributed by atoms with Crippen LogP contribution in [-0.4, -0.2) is 14.3 Å². The van der Waals surface area contributed by atoms with Crippen LogP contribution in [0.25, 0.3) is 0 Å². The van der Waals surface area contributed by atoms with Crippen LogP contribution in [0.5, 0.6) is 0 Å². The van der Waals surface area contributed by atoms with E-state index in [-0.39, 0.29) is 17.2 Å². The molecule has 7 heteroatoms. The predicted molar refractivity (Wildman–Crippen MR) is 79.2 cm³/mol. The lowest BCUT2D eigenvalue weighted by Crippen LogP contribution is -2.16. The minimum absolute atomic E-state index is 0.0195. The summed E-state index contributed by atoms with van der Waals surface area (Å²) in [5, 5.41) is 11.6. The van der Waals surface area contributed by atoms with E-state index in [0.29, 0.717) is 5.69 Å². The van der Waals surface area contributed by atoms with Crippen LogP contribution < -0.4 is 10.5 Å². The maximum absolute atomic E-state index is 11.9. The molecule has 0 saturated carbocycles. The lowest BCUT2D eigenvalue weighted by molar-refractivity contribution is -0.115.